The third-order valence-electron chi connectivity index (χ3n) is 3.30. The van der Waals surface area contributed by atoms with Crippen LogP contribution < -0.4 is 0 Å². The predicted octanol–water partition coefficient (Wildman–Crippen LogP) is 4.84. The number of nitrogens with zero attached hydrogens (tertiary/aromatic N) is 3. The summed E-state index contributed by atoms with van der Waals surface area (Å²) in [5.74, 6) is 0. The monoisotopic (exact) mass is 299 g/mol. The van der Waals surface area contributed by atoms with Gasteiger partial charge in [-0.3, -0.25) is 9.34 Å². The third-order valence-corrected chi connectivity index (χ3v) is 6.93. The summed E-state index contributed by atoms with van der Waals surface area (Å²) < 4.78 is 5.32. The van der Waals surface area contributed by atoms with Crippen LogP contribution in [-0.2, 0) is 0 Å². The fraction of sp³-hybridized carbons (Fsp3) is 0.938. The van der Waals surface area contributed by atoms with Crippen molar-refractivity contribution in [3.8, 4) is 6.07 Å². The summed E-state index contributed by atoms with van der Waals surface area (Å²) in [6.07, 6.45) is 2.82. The second-order valence-electron chi connectivity index (χ2n) is 6.49. The molecule has 0 saturated heterocycles. The number of nitriles is 1. The van der Waals surface area contributed by atoms with Crippen LogP contribution in [0.25, 0.3) is 0 Å². The summed E-state index contributed by atoms with van der Waals surface area (Å²) in [4.78, 5) is 0. The van der Waals surface area contributed by atoms with Gasteiger partial charge in [-0.25, -0.2) is 0 Å². The lowest BCUT2D eigenvalue weighted by atomic mass is 10.3. The Morgan fingerprint density at radius 1 is 0.800 bits per heavy atom. The van der Waals surface area contributed by atoms with E-state index in [1.165, 1.54) is 0 Å². The zero-order chi connectivity index (χ0) is 15.9. The molecule has 0 atom stereocenters. The SMILES string of the molecule is CC(C)N(C(C)C)P(CCCC#N)N(C(C)C)C(C)C. The molecular formula is C16H34N3P. The summed E-state index contributed by atoms with van der Waals surface area (Å²) in [5, 5.41) is 8.82. The summed E-state index contributed by atoms with van der Waals surface area (Å²) in [7, 11) is -0.341. The van der Waals surface area contributed by atoms with Crippen LogP contribution in [0, 0.1) is 11.3 Å². The largest absolute Gasteiger partial charge is 0.265 e. The summed E-state index contributed by atoms with van der Waals surface area (Å²) in [5.41, 5.74) is 0. The van der Waals surface area contributed by atoms with E-state index in [1.54, 1.807) is 0 Å². The van der Waals surface area contributed by atoms with E-state index in [2.05, 4.69) is 70.8 Å². The first-order valence-corrected chi connectivity index (χ1v) is 9.38. The molecule has 0 fully saturated rings. The minimum atomic E-state index is -0.341. The Labute approximate surface area is 128 Å². The molecule has 0 unspecified atom stereocenters. The van der Waals surface area contributed by atoms with Gasteiger partial charge < -0.3 is 0 Å². The van der Waals surface area contributed by atoms with Crippen molar-refractivity contribution in [3.63, 3.8) is 0 Å². The van der Waals surface area contributed by atoms with Gasteiger partial charge in [-0.2, -0.15) is 5.26 Å². The molecule has 0 N–H and O–H groups in total. The second kappa shape index (κ2) is 9.72. The molecule has 0 aliphatic heterocycles. The Bertz CT molecular complexity index is 259. The summed E-state index contributed by atoms with van der Waals surface area (Å²) in [6.45, 7) is 18.3. The van der Waals surface area contributed by atoms with Crippen LogP contribution >= 0.6 is 8.22 Å². The molecular weight excluding hydrogens is 265 g/mol. The predicted molar refractivity (Wildman–Crippen MR) is 90.9 cm³/mol. The molecule has 4 heteroatoms. The van der Waals surface area contributed by atoms with Gasteiger partial charge in [0.05, 0.1) is 6.07 Å². The lowest BCUT2D eigenvalue weighted by Gasteiger charge is -2.47. The summed E-state index contributed by atoms with van der Waals surface area (Å²) in [6, 6.07) is 4.47. The van der Waals surface area contributed by atoms with E-state index < -0.39 is 0 Å². The molecule has 3 nitrogen and oxygen atoms in total. The Balaban J connectivity index is 5.26. The van der Waals surface area contributed by atoms with Crippen LogP contribution in [0.3, 0.4) is 0 Å². The Morgan fingerprint density at radius 2 is 1.15 bits per heavy atom. The van der Waals surface area contributed by atoms with E-state index >= 15 is 0 Å². The number of rotatable bonds is 9. The van der Waals surface area contributed by atoms with Gasteiger partial charge in [0.2, 0.25) is 0 Å². The molecule has 0 aromatic rings. The van der Waals surface area contributed by atoms with Crippen LogP contribution in [0.5, 0.6) is 0 Å². The molecule has 0 amide bonds. The molecule has 0 aliphatic carbocycles. The molecule has 0 rings (SSSR count). The molecule has 0 radical (unpaired) electrons. The topological polar surface area (TPSA) is 30.3 Å². The van der Waals surface area contributed by atoms with Crippen molar-refractivity contribution in [2.24, 2.45) is 0 Å². The molecule has 0 bridgehead atoms. The highest BCUT2D eigenvalue weighted by Gasteiger charge is 2.31. The van der Waals surface area contributed by atoms with E-state index in [1.807, 2.05) is 0 Å². The molecule has 0 aromatic carbocycles. The van der Waals surface area contributed by atoms with Crippen LogP contribution in [0.15, 0.2) is 0 Å². The summed E-state index contributed by atoms with van der Waals surface area (Å²) >= 11 is 0. The lowest BCUT2D eigenvalue weighted by molar-refractivity contribution is 0.256. The van der Waals surface area contributed by atoms with Gasteiger partial charge in [-0.05, 0) is 68.0 Å². The highest BCUT2D eigenvalue weighted by Crippen LogP contribution is 2.50. The molecule has 118 valence electrons. The number of hydrogen-bond donors (Lipinski definition) is 0. The van der Waals surface area contributed by atoms with Crippen LogP contribution in [-0.4, -0.2) is 39.7 Å². The standard InChI is InChI=1S/C16H34N3P/c1-13(2)18(14(3)4)20(12-10-9-11-17)19(15(5)6)16(7)8/h13-16H,9-10,12H2,1-8H3. The first-order chi connectivity index (χ1) is 9.23. The van der Waals surface area contributed by atoms with Crippen molar-refractivity contribution in [2.75, 3.05) is 6.16 Å². The van der Waals surface area contributed by atoms with Crippen LogP contribution in [0.4, 0.5) is 0 Å². The van der Waals surface area contributed by atoms with E-state index in [9.17, 15) is 0 Å². The smallest absolute Gasteiger partial charge is 0.0621 e. The lowest BCUT2D eigenvalue weighted by Crippen LogP contribution is -2.43. The van der Waals surface area contributed by atoms with Gasteiger partial charge in [-0.15, -0.1) is 0 Å². The maximum atomic E-state index is 8.82. The van der Waals surface area contributed by atoms with Crippen molar-refractivity contribution in [1.29, 1.82) is 5.26 Å². The van der Waals surface area contributed by atoms with Crippen molar-refractivity contribution in [3.05, 3.63) is 0 Å². The number of hydrogen-bond acceptors (Lipinski definition) is 3. The van der Waals surface area contributed by atoms with Crippen LogP contribution in [0.2, 0.25) is 0 Å². The van der Waals surface area contributed by atoms with E-state index in [0.29, 0.717) is 30.6 Å². The second-order valence-corrected chi connectivity index (χ2v) is 8.61. The van der Waals surface area contributed by atoms with Gasteiger partial charge in [0, 0.05) is 38.8 Å². The molecule has 0 spiro atoms. The van der Waals surface area contributed by atoms with E-state index in [-0.39, 0.29) is 8.22 Å². The van der Waals surface area contributed by atoms with Crippen molar-refractivity contribution >= 4 is 8.22 Å². The van der Waals surface area contributed by atoms with Gasteiger partial charge in [0.1, 0.15) is 0 Å². The van der Waals surface area contributed by atoms with Crippen molar-refractivity contribution in [1.82, 2.24) is 9.34 Å². The Kier molecular flexibility index (Phi) is 9.64. The minimum Gasteiger partial charge on any atom is -0.265 e. The fourth-order valence-electron chi connectivity index (χ4n) is 2.91. The average molecular weight is 299 g/mol. The number of unbranched alkanes of at least 4 members (excludes halogenated alkanes) is 1. The Hall–Kier alpha value is -0.160. The maximum Gasteiger partial charge on any atom is 0.0621 e. The highest BCUT2D eigenvalue weighted by molar-refractivity contribution is 7.52. The average Bonchev–Trinajstić information content (AvgIpc) is 2.26. The minimum absolute atomic E-state index is 0.341. The van der Waals surface area contributed by atoms with Crippen molar-refractivity contribution < 1.29 is 0 Å². The zero-order valence-electron chi connectivity index (χ0n) is 14.7. The highest BCUT2D eigenvalue weighted by atomic mass is 31.1. The molecule has 0 heterocycles. The zero-order valence-corrected chi connectivity index (χ0v) is 15.6. The normalized spacial score (nSPS) is 12.7. The third kappa shape index (κ3) is 6.08. The first-order valence-electron chi connectivity index (χ1n) is 7.94. The maximum absolute atomic E-state index is 8.82. The van der Waals surface area contributed by atoms with Gasteiger partial charge >= 0.3 is 0 Å². The van der Waals surface area contributed by atoms with E-state index in [4.69, 9.17) is 5.26 Å². The van der Waals surface area contributed by atoms with Gasteiger partial charge in [0.25, 0.3) is 0 Å². The molecule has 20 heavy (non-hydrogen) atoms. The first kappa shape index (κ1) is 19.8. The Morgan fingerprint density at radius 3 is 1.40 bits per heavy atom. The van der Waals surface area contributed by atoms with Crippen molar-refractivity contribution in [2.45, 2.75) is 92.4 Å². The van der Waals surface area contributed by atoms with E-state index in [0.717, 1.165) is 12.6 Å². The van der Waals surface area contributed by atoms with Gasteiger partial charge in [-0.1, -0.05) is 0 Å². The van der Waals surface area contributed by atoms with Gasteiger partial charge in [0.15, 0.2) is 0 Å². The molecule has 0 aliphatic rings. The molecule has 0 aromatic heterocycles. The fourth-order valence-corrected chi connectivity index (χ4v) is 6.18. The molecule has 0 saturated carbocycles. The van der Waals surface area contributed by atoms with Crippen LogP contribution in [0.1, 0.15) is 68.2 Å². The quantitative estimate of drug-likeness (QED) is 0.451.